The number of methoxy groups -OCH3 is 2. The number of rotatable bonds is 29. The number of nitrogens with zero attached hydrogens (tertiary/aromatic N) is 3. The van der Waals surface area contributed by atoms with Crippen LogP contribution in [0.4, 0.5) is 0 Å². The molecule has 1 aliphatic carbocycles. The molecule has 1 fully saturated rings. The zero-order chi connectivity index (χ0) is 47.9. The molecule has 0 bridgehead atoms. The van der Waals surface area contributed by atoms with Gasteiger partial charge in [-0.25, -0.2) is 9.59 Å². The molecule has 1 aromatic heterocycles. The van der Waals surface area contributed by atoms with Crippen molar-refractivity contribution in [3.05, 3.63) is 101 Å². The summed E-state index contributed by atoms with van der Waals surface area (Å²) in [5.41, 5.74) is 3.25. The van der Waals surface area contributed by atoms with E-state index in [0.29, 0.717) is 72.1 Å². The van der Waals surface area contributed by atoms with Crippen LogP contribution in [0.5, 0.6) is 0 Å². The lowest BCUT2D eigenvalue weighted by Crippen LogP contribution is -2.62. The number of aromatic nitrogens is 1. The van der Waals surface area contributed by atoms with Gasteiger partial charge in [-0.2, -0.15) is 0 Å². The summed E-state index contributed by atoms with van der Waals surface area (Å²) in [6.07, 6.45) is 2.88. The number of ether oxygens (including phenoxy) is 8. The van der Waals surface area contributed by atoms with E-state index in [1.807, 2.05) is 93.7 Å². The first-order valence-electron chi connectivity index (χ1n) is 23.2. The number of hydrogen-bond donors (Lipinski definition) is 2. The second-order valence-corrected chi connectivity index (χ2v) is 17.8. The minimum absolute atomic E-state index is 0.120. The number of pyridine rings is 1. The van der Waals surface area contributed by atoms with Crippen molar-refractivity contribution < 1.29 is 57.1 Å². The lowest BCUT2D eigenvalue weighted by Gasteiger charge is -2.42. The number of carbonyl (C=O) groups is 4. The van der Waals surface area contributed by atoms with Crippen LogP contribution in [0.2, 0.25) is 0 Å². The molecule has 5 rings (SSSR count). The highest BCUT2D eigenvalue weighted by Crippen LogP contribution is 2.34. The van der Waals surface area contributed by atoms with Crippen LogP contribution in [0.15, 0.2) is 79.1 Å². The van der Waals surface area contributed by atoms with Crippen molar-refractivity contribution in [2.75, 3.05) is 106 Å². The van der Waals surface area contributed by atoms with Crippen LogP contribution in [0.3, 0.4) is 0 Å². The molecule has 0 radical (unpaired) electrons. The quantitative estimate of drug-likeness (QED) is 0.0763. The number of amides is 2. The third-order valence-electron chi connectivity index (χ3n) is 11.3. The van der Waals surface area contributed by atoms with E-state index in [2.05, 4.69) is 25.4 Å². The van der Waals surface area contributed by atoms with E-state index < -0.39 is 47.7 Å². The van der Waals surface area contributed by atoms with Gasteiger partial charge in [0.15, 0.2) is 0 Å². The molecule has 2 N–H and O–H groups in total. The molecule has 0 saturated carbocycles. The molecule has 1 saturated heterocycles. The van der Waals surface area contributed by atoms with Crippen molar-refractivity contribution in [1.29, 1.82) is 0 Å². The first-order chi connectivity index (χ1) is 32.4. The van der Waals surface area contributed by atoms with E-state index in [4.69, 9.17) is 37.9 Å². The van der Waals surface area contributed by atoms with Crippen molar-refractivity contribution in [3.63, 3.8) is 0 Å². The highest BCUT2D eigenvalue weighted by atomic mass is 16.6. The Kier molecular flexibility index (Phi) is 22.6. The van der Waals surface area contributed by atoms with Gasteiger partial charge in [-0.05, 0) is 61.9 Å². The number of fused-ring (bicyclic) bond motifs is 1. The Labute approximate surface area is 395 Å². The summed E-state index contributed by atoms with van der Waals surface area (Å²) in [5, 5.41) is 6.41. The lowest BCUT2D eigenvalue weighted by molar-refractivity contribution is -0.158. The third kappa shape index (κ3) is 19.0. The monoisotopic (exact) mass is 934 g/mol. The van der Waals surface area contributed by atoms with Crippen molar-refractivity contribution in [2.24, 2.45) is 5.92 Å². The summed E-state index contributed by atoms with van der Waals surface area (Å²) in [6, 6.07) is 20.0. The van der Waals surface area contributed by atoms with E-state index >= 15 is 0 Å². The van der Waals surface area contributed by atoms with Gasteiger partial charge in [-0.15, -0.1) is 0 Å². The number of benzene rings is 2. The van der Waals surface area contributed by atoms with Gasteiger partial charge in [0, 0.05) is 77.2 Å². The van der Waals surface area contributed by atoms with Gasteiger partial charge in [-0.1, -0.05) is 60.7 Å². The molecular weight excluding hydrogens is 863 g/mol. The topological polar surface area (TPSA) is 186 Å². The van der Waals surface area contributed by atoms with Crippen molar-refractivity contribution in [2.45, 2.75) is 76.4 Å². The zero-order valence-corrected chi connectivity index (χ0v) is 39.9. The van der Waals surface area contributed by atoms with Crippen molar-refractivity contribution in [1.82, 2.24) is 25.4 Å². The normalized spacial score (nSPS) is 18.4. The number of piperazine rings is 1. The van der Waals surface area contributed by atoms with E-state index in [0.717, 1.165) is 22.3 Å². The van der Waals surface area contributed by atoms with Gasteiger partial charge in [0.25, 0.3) is 0 Å². The molecule has 2 aliphatic rings. The largest absolute Gasteiger partial charge is 0.459 e. The maximum Gasteiger partial charge on any atom is 0.332 e. The van der Waals surface area contributed by atoms with Gasteiger partial charge in [0.2, 0.25) is 11.8 Å². The summed E-state index contributed by atoms with van der Waals surface area (Å²) in [7, 11) is 3.18. The van der Waals surface area contributed by atoms with E-state index in [1.54, 1.807) is 20.4 Å². The Balaban J connectivity index is 1.36. The van der Waals surface area contributed by atoms with E-state index in [1.165, 1.54) is 0 Å². The standard InChI is InChI=1S/C50H71N5O12/c1-50(2,3)53-49(59)43-34-54(32-38-14-11-17-51-31-38)18-19-55(43)33-41(66-45(56)35-64-26-24-62-22-20-60-4)29-40(28-37-12-7-6-8-13-37)48(58)52-47-42-16-10-9-15-39(42)30-44(47)67-46(57)36-65-27-25-63-23-21-61-5/h6-17,31,40-41,43-44,47H,18-30,32-36H2,1-5H3,(H,52,58)(H,53,59). The third-order valence-corrected chi connectivity index (χ3v) is 11.3. The second-order valence-electron chi connectivity index (χ2n) is 17.8. The van der Waals surface area contributed by atoms with Crippen LogP contribution in [0.1, 0.15) is 55.5 Å². The average molecular weight is 934 g/mol. The van der Waals surface area contributed by atoms with Crippen molar-refractivity contribution in [3.8, 4) is 0 Å². The summed E-state index contributed by atoms with van der Waals surface area (Å²) < 4.78 is 44.3. The minimum Gasteiger partial charge on any atom is -0.459 e. The highest BCUT2D eigenvalue weighted by Gasteiger charge is 2.40. The van der Waals surface area contributed by atoms with Crippen LogP contribution in [0.25, 0.3) is 0 Å². The molecule has 368 valence electrons. The SMILES string of the molecule is COCCOCCOCC(=O)OC(CC(Cc1ccccc1)C(=O)NC1c2ccccc2CC1OC(=O)COCCOCCOC)CN1CCN(Cc2cccnc2)CC1C(=O)NC(C)(C)C. The van der Waals surface area contributed by atoms with Gasteiger partial charge in [-0.3, -0.25) is 24.4 Å². The Bertz CT molecular complexity index is 1940. The number of nitrogens with one attached hydrogen (secondary N) is 2. The average Bonchev–Trinajstić information content (AvgIpc) is 3.64. The summed E-state index contributed by atoms with van der Waals surface area (Å²) in [6.45, 7) is 10.2. The minimum atomic E-state index is -0.830. The lowest BCUT2D eigenvalue weighted by atomic mass is 9.91. The first kappa shape index (κ1) is 53.1. The molecule has 5 atom stereocenters. The molecule has 17 heteroatoms. The molecule has 3 aromatic rings. The molecule has 2 amide bonds. The molecule has 1 aliphatic heterocycles. The maximum atomic E-state index is 14.9. The van der Waals surface area contributed by atoms with Gasteiger partial charge in [0.1, 0.15) is 31.5 Å². The van der Waals surface area contributed by atoms with Crippen LogP contribution < -0.4 is 10.6 Å². The zero-order valence-electron chi connectivity index (χ0n) is 39.9. The van der Waals surface area contributed by atoms with Crippen LogP contribution in [-0.4, -0.2) is 169 Å². The molecule has 0 spiro atoms. The molecule has 2 aromatic carbocycles. The molecule has 5 unspecified atom stereocenters. The summed E-state index contributed by atoms with van der Waals surface area (Å²) >= 11 is 0. The summed E-state index contributed by atoms with van der Waals surface area (Å²) in [4.78, 5) is 64.3. The van der Waals surface area contributed by atoms with Gasteiger partial charge >= 0.3 is 11.9 Å². The Morgan fingerprint density at radius 3 is 2.07 bits per heavy atom. The molecule has 67 heavy (non-hydrogen) atoms. The highest BCUT2D eigenvalue weighted by molar-refractivity contribution is 5.83. The Morgan fingerprint density at radius 2 is 1.40 bits per heavy atom. The fourth-order valence-electron chi connectivity index (χ4n) is 8.18. The van der Waals surface area contributed by atoms with Crippen LogP contribution in [-0.2, 0) is 76.5 Å². The number of carbonyl (C=O) groups excluding carboxylic acids is 4. The summed E-state index contributed by atoms with van der Waals surface area (Å²) in [5.74, 6) is -2.33. The van der Waals surface area contributed by atoms with Crippen molar-refractivity contribution >= 4 is 23.8 Å². The Hall–Kier alpha value is -4.85. The van der Waals surface area contributed by atoms with Gasteiger partial charge < -0.3 is 48.5 Å². The fourth-order valence-corrected chi connectivity index (χ4v) is 8.18. The molecule has 2 heterocycles. The van der Waals surface area contributed by atoms with Crippen LogP contribution >= 0.6 is 0 Å². The van der Waals surface area contributed by atoms with E-state index in [9.17, 15) is 19.2 Å². The second kappa shape index (κ2) is 28.5. The molecule has 17 nitrogen and oxygen atoms in total. The van der Waals surface area contributed by atoms with Gasteiger partial charge in [0.05, 0.1) is 58.9 Å². The van der Waals surface area contributed by atoms with E-state index in [-0.39, 0.29) is 57.8 Å². The number of esters is 2. The Morgan fingerprint density at radius 1 is 0.761 bits per heavy atom. The first-order valence-corrected chi connectivity index (χ1v) is 23.2. The maximum absolute atomic E-state index is 14.9. The van der Waals surface area contributed by atoms with Crippen LogP contribution in [0, 0.1) is 5.92 Å². The predicted molar refractivity (Wildman–Crippen MR) is 249 cm³/mol. The smallest absolute Gasteiger partial charge is 0.332 e. The number of hydrogen-bond acceptors (Lipinski definition) is 15. The fraction of sp³-hybridized carbons (Fsp3) is 0.580. The molecular formula is C50H71N5O12. The predicted octanol–water partition coefficient (Wildman–Crippen LogP) is 3.33.